The van der Waals surface area contributed by atoms with Crippen LogP contribution < -0.4 is 5.32 Å². The summed E-state index contributed by atoms with van der Waals surface area (Å²) in [5.41, 5.74) is 0. The van der Waals surface area contributed by atoms with Gasteiger partial charge in [-0.25, -0.2) is 0 Å². The van der Waals surface area contributed by atoms with Crippen molar-refractivity contribution in [3.05, 3.63) is 0 Å². The average Bonchev–Trinajstić information content (AvgIpc) is 2.31. The lowest BCUT2D eigenvalue weighted by atomic mass is 10.1. The second kappa shape index (κ2) is 5.58. The predicted octanol–water partition coefficient (Wildman–Crippen LogP) is -0.892. The highest BCUT2D eigenvalue weighted by Crippen LogP contribution is 2.11. The molecule has 0 radical (unpaired) electrons. The van der Waals surface area contributed by atoms with Crippen LogP contribution in [0.15, 0.2) is 0 Å². The van der Waals surface area contributed by atoms with Gasteiger partial charge in [0.2, 0.25) is 0 Å². The minimum absolute atomic E-state index is 0.105. The highest BCUT2D eigenvalue weighted by Gasteiger charge is 2.30. The van der Waals surface area contributed by atoms with E-state index in [1.54, 1.807) is 0 Å². The van der Waals surface area contributed by atoms with Crippen molar-refractivity contribution in [1.82, 2.24) is 10.2 Å². The lowest BCUT2D eigenvalue weighted by molar-refractivity contribution is -0.155. The van der Waals surface area contributed by atoms with Crippen LogP contribution in [0.2, 0.25) is 0 Å². The third kappa shape index (κ3) is 2.91. The number of hydrogen-bond acceptors (Lipinski definition) is 5. The van der Waals surface area contributed by atoms with Gasteiger partial charge in [0.1, 0.15) is 12.8 Å². The average molecular weight is 230 g/mol. The molecular weight excluding hydrogens is 212 g/mol. The summed E-state index contributed by atoms with van der Waals surface area (Å²) < 4.78 is 10.5. The van der Waals surface area contributed by atoms with E-state index in [1.165, 1.54) is 0 Å². The SMILES string of the molecule is O=C(O)C1CNCCN1CC1CCOCO1. The van der Waals surface area contributed by atoms with Crippen LogP contribution in [0.3, 0.4) is 0 Å². The Hall–Kier alpha value is -0.690. The van der Waals surface area contributed by atoms with Gasteiger partial charge in [0.05, 0.1) is 12.7 Å². The van der Waals surface area contributed by atoms with Crippen LogP contribution in [-0.2, 0) is 14.3 Å². The van der Waals surface area contributed by atoms with E-state index in [9.17, 15) is 4.79 Å². The maximum absolute atomic E-state index is 11.1. The molecule has 2 heterocycles. The summed E-state index contributed by atoms with van der Waals surface area (Å²) in [6, 6.07) is -0.430. The zero-order valence-electron chi connectivity index (χ0n) is 9.22. The van der Waals surface area contributed by atoms with Crippen molar-refractivity contribution in [3.8, 4) is 0 Å². The molecular formula is C10H18N2O4. The van der Waals surface area contributed by atoms with Gasteiger partial charge in [-0.05, 0) is 6.42 Å². The molecule has 0 spiro atoms. The Bertz CT molecular complexity index is 243. The van der Waals surface area contributed by atoms with Gasteiger partial charge in [0.25, 0.3) is 0 Å². The zero-order chi connectivity index (χ0) is 11.4. The molecule has 2 fully saturated rings. The van der Waals surface area contributed by atoms with Gasteiger partial charge in [0, 0.05) is 26.2 Å². The number of aliphatic carboxylic acids is 1. The fourth-order valence-corrected chi connectivity index (χ4v) is 2.12. The maximum Gasteiger partial charge on any atom is 0.322 e. The van der Waals surface area contributed by atoms with Crippen molar-refractivity contribution in [2.75, 3.05) is 39.6 Å². The Morgan fingerprint density at radius 3 is 3.12 bits per heavy atom. The summed E-state index contributed by atoms with van der Waals surface area (Å²) in [6.45, 7) is 3.83. The lowest BCUT2D eigenvalue weighted by Crippen LogP contribution is -2.57. The van der Waals surface area contributed by atoms with E-state index >= 15 is 0 Å². The highest BCUT2D eigenvalue weighted by molar-refractivity contribution is 5.73. The topological polar surface area (TPSA) is 71.0 Å². The first kappa shape index (κ1) is 11.8. The molecule has 0 aliphatic carbocycles. The monoisotopic (exact) mass is 230 g/mol. The first-order valence-electron chi connectivity index (χ1n) is 5.64. The van der Waals surface area contributed by atoms with Crippen molar-refractivity contribution in [1.29, 1.82) is 0 Å². The number of hydrogen-bond donors (Lipinski definition) is 2. The minimum Gasteiger partial charge on any atom is -0.480 e. The van der Waals surface area contributed by atoms with Crippen molar-refractivity contribution in [2.24, 2.45) is 0 Å². The number of carboxylic acids is 1. The fourth-order valence-electron chi connectivity index (χ4n) is 2.12. The summed E-state index contributed by atoms with van der Waals surface area (Å²) in [5.74, 6) is -0.765. The van der Waals surface area contributed by atoms with Crippen LogP contribution in [0.1, 0.15) is 6.42 Å². The van der Waals surface area contributed by atoms with Crippen LogP contribution >= 0.6 is 0 Å². The quantitative estimate of drug-likeness (QED) is 0.655. The smallest absolute Gasteiger partial charge is 0.322 e. The Labute approximate surface area is 94.5 Å². The number of rotatable bonds is 3. The van der Waals surface area contributed by atoms with Gasteiger partial charge in [-0.3, -0.25) is 9.69 Å². The van der Waals surface area contributed by atoms with E-state index in [0.717, 1.165) is 19.5 Å². The van der Waals surface area contributed by atoms with Gasteiger partial charge in [0.15, 0.2) is 0 Å². The van der Waals surface area contributed by atoms with E-state index in [2.05, 4.69) is 5.32 Å². The second-order valence-corrected chi connectivity index (χ2v) is 4.16. The van der Waals surface area contributed by atoms with Crippen LogP contribution in [0, 0.1) is 0 Å². The second-order valence-electron chi connectivity index (χ2n) is 4.16. The van der Waals surface area contributed by atoms with E-state index in [0.29, 0.717) is 26.5 Å². The molecule has 0 aromatic rings. The van der Waals surface area contributed by atoms with Crippen LogP contribution in [0.4, 0.5) is 0 Å². The van der Waals surface area contributed by atoms with Gasteiger partial charge >= 0.3 is 5.97 Å². The molecule has 2 aliphatic heterocycles. The highest BCUT2D eigenvalue weighted by atomic mass is 16.7. The van der Waals surface area contributed by atoms with Crippen LogP contribution in [-0.4, -0.2) is 67.7 Å². The first-order valence-corrected chi connectivity index (χ1v) is 5.64. The summed E-state index contributed by atoms with van der Waals surface area (Å²) in [4.78, 5) is 13.0. The Morgan fingerprint density at radius 2 is 2.44 bits per heavy atom. The van der Waals surface area contributed by atoms with E-state index in [-0.39, 0.29) is 6.10 Å². The molecule has 2 N–H and O–H groups in total. The van der Waals surface area contributed by atoms with Crippen molar-refractivity contribution in [3.63, 3.8) is 0 Å². The maximum atomic E-state index is 11.1. The van der Waals surface area contributed by atoms with E-state index in [1.807, 2.05) is 4.90 Å². The molecule has 2 rings (SSSR count). The molecule has 2 unspecified atom stereocenters. The predicted molar refractivity (Wildman–Crippen MR) is 56.2 cm³/mol. The standard InChI is InChI=1S/C10H18N2O4/c13-10(14)9-5-11-2-3-12(9)6-8-1-4-15-7-16-8/h8-9,11H,1-7H2,(H,13,14). The molecule has 2 aliphatic rings. The van der Waals surface area contributed by atoms with Crippen molar-refractivity contribution >= 4 is 5.97 Å². The van der Waals surface area contributed by atoms with E-state index < -0.39 is 12.0 Å². The summed E-state index contributed by atoms with van der Waals surface area (Å²) in [5, 5.41) is 12.2. The molecule has 2 atom stereocenters. The zero-order valence-corrected chi connectivity index (χ0v) is 9.22. The summed E-state index contributed by atoms with van der Waals surface area (Å²) in [7, 11) is 0. The number of piperazine rings is 1. The summed E-state index contributed by atoms with van der Waals surface area (Å²) in [6.07, 6.45) is 0.949. The van der Waals surface area contributed by atoms with Crippen LogP contribution in [0.25, 0.3) is 0 Å². The third-order valence-electron chi connectivity index (χ3n) is 3.05. The third-order valence-corrected chi connectivity index (χ3v) is 3.05. The molecule has 0 saturated carbocycles. The molecule has 0 amide bonds. The molecule has 0 aromatic heterocycles. The largest absolute Gasteiger partial charge is 0.480 e. The molecule has 2 saturated heterocycles. The van der Waals surface area contributed by atoms with E-state index in [4.69, 9.17) is 14.6 Å². The van der Waals surface area contributed by atoms with Gasteiger partial charge in [-0.1, -0.05) is 0 Å². The minimum atomic E-state index is -0.765. The molecule has 92 valence electrons. The first-order chi connectivity index (χ1) is 7.77. The molecule has 0 bridgehead atoms. The van der Waals surface area contributed by atoms with Gasteiger partial charge in [-0.15, -0.1) is 0 Å². The van der Waals surface area contributed by atoms with Crippen molar-refractivity contribution in [2.45, 2.75) is 18.6 Å². The molecule has 6 heteroatoms. The number of carbonyl (C=O) groups is 1. The van der Waals surface area contributed by atoms with Gasteiger partial charge < -0.3 is 19.9 Å². The Kier molecular flexibility index (Phi) is 4.11. The van der Waals surface area contributed by atoms with Crippen LogP contribution in [0.5, 0.6) is 0 Å². The number of carboxylic acid groups (broad SMARTS) is 1. The Balaban J connectivity index is 1.87. The number of ether oxygens (including phenoxy) is 2. The molecule has 0 aromatic carbocycles. The fraction of sp³-hybridized carbons (Fsp3) is 0.900. The van der Waals surface area contributed by atoms with Crippen molar-refractivity contribution < 1.29 is 19.4 Å². The normalized spacial score (nSPS) is 32.5. The lowest BCUT2D eigenvalue weighted by Gasteiger charge is -2.36. The Morgan fingerprint density at radius 1 is 1.56 bits per heavy atom. The number of nitrogens with zero attached hydrogens (tertiary/aromatic N) is 1. The van der Waals surface area contributed by atoms with Gasteiger partial charge in [-0.2, -0.15) is 0 Å². The molecule has 16 heavy (non-hydrogen) atoms. The number of nitrogens with one attached hydrogen (secondary N) is 1. The summed E-state index contributed by atoms with van der Waals surface area (Å²) >= 11 is 0. The molecule has 6 nitrogen and oxygen atoms in total.